The number of rotatable bonds is 23. The van der Waals surface area contributed by atoms with Gasteiger partial charge in [0.25, 0.3) is 0 Å². The highest BCUT2D eigenvalue weighted by Gasteiger charge is 2.39. The smallest absolute Gasteiger partial charge is 0.246 e. The lowest BCUT2D eigenvalue weighted by molar-refractivity contribution is -0.142. The van der Waals surface area contributed by atoms with E-state index < -0.39 is 103 Å². The molecule has 7 atom stereocenters. The van der Waals surface area contributed by atoms with Crippen molar-refractivity contribution in [1.29, 1.82) is 0 Å². The summed E-state index contributed by atoms with van der Waals surface area (Å²) >= 11 is 0. The third kappa shape index (κ3) is 15.9. The number of aliphatic hydroxyl groups is 1. The van der Waals surface area contributed by atoms with Gasteiger partial charge in [-0.1, -0.05) is 84.9 Å². The predicted molar refractivity (Wildman–Crippen MR) is 251 cm³/mol. The van der Waals surface area contributed by atoms with Crippen molar-refractivity contribution in [3.05, 3.63) is 131 Å². The van der Waals surface area contributed by atoms with Gasteiger partial charge in [0.05, 0.1) is 19.2 Å². The van der Waals surface area contributed by atoms with E-state index in [1.165, 1.54) is 36.1 Å². The van der Waals surface area contributed by atoms with Crippen LogP contribution in [0.15, 0.2) is 109 Å². The number of amides is 8. The van der Waals surface area contributed by atoms with Crippen LogP contribution in [0.2, 0.25) is 0 Å². The topological polar surface area (TPSA) is 325 Å². The zero-order valence-electron chi connectivity index (χ0n) is 38.0. The van der Waals surface area contributed by atoms with Crippen molar-refractivity contribution >= 4 is 47.3 Å². The van der Waals surface area contributed by atoms with Crippen LogP contribution in [-0.4, -0.2) is 129 Å². The number of hydrogen-bond donors (Lipinski definition) is 11. The minimum atomic E-state index is -1.38. The van der Waals surface area contributed by atoms with E-state index in [4.69, 9.17) is 11.5 Å². The van der Waals surface area contributed by atoms with Gasteiger partial charge in [-0.2, -0.15) is 0 Å². The molecule has 8 amide bonds. The minimum Gasteiger partial charge on any atom is -0.508 e. The molecule has 1 aliphatic rings. The molecule has 0 bridgehead atoms. The molecular formula is C49H59N9O11. The summed E-state index contributed by atoms with van der Waals surface area (Å²) in [6.07, 6.45) is 0.687. The maximum Gasteiger partial charge on any atom is 0.246 e. The van der Waals surface area contributed by atoms with E-state index in [-0.39, 0.29) is 50.1 Å². The molecule has 0 saturated carbocycles. The lowest BCUT2D eigenvalue weighted by Gasteiger charge is -2.29. The van der Waals surface area contributed by atoms with E-state index in [9.17, 15) is 53.7 Å². The molecule has 4 aromatic carbocycles. The largest absolute Gasteiger partial charge is 0.508 e. The summed E-state index contributed by atoms with van der Waals surface area (Å²) in [7, 11) is 0. The highest BCUT2D eigenvalue weighted by molar-refractivity contribution is 5.97. The van der Waals surface area contributed by atoms with Gasteiger partial charge in [-0.3, -0.25) is 38.4 Å². The Labute approximate surface area is 398 Å². The number of hydrogen-bond acceptors (Lipinski definition) is 12. The first-order valence-electron chi connectivity index (χ1n) is 22.4. The molecule has 0 spiro atoms. The number of primary amides is 1. The molecule has 20 heteroatoms. The Morgan fingerprint density at radius 3 is 1.62 bits per heavy atom. The second-order valence-electron chi connectivity index (χ2n) is 16.8. The van der Waals surface area contributed by atoms with Gasteiger partial charge in [0.15, 0.2) is 0 Å². The fourth-order valence-electron chi connectivity index (χ4n) is 7.63. The molecular weight excluding hydrogens is 891 g/mol. The SMILES string of the molecule is C[C@H](NC(=O)[C@H](Cc1ccc(O)cc1)NC(=O)[C@@H](N)Cc1ccccc1)C(=O)N[C@@H](Cc1ccccc1)C(=O)NCC(=O)N[C@@H](Cc1ccc(O)cc1)C(=O)N1CCC[C@H]1C(=O)N[C@@H](CO)C(N)=O. The zero-order chi connectivity index (χ0) is 50.0. The highest BCUT2D eigenvalue weighted by Crippen LogP contribution is 2.21. The van der Waals surface area contributed by atoms with Crippen molar-refractivity contribution in [3.8, 4) is 11.5 Å². The molecule has 0 unspecified atom stereocenters. The summed E-state index contributed by atoms with van der Waals surface area (Å²) in [5, 5.41) is 44.6. The van der Waals surface area contributed by atoms with Gasteiger partial charge in [0.2, 0.25) is 47.3 Å². The van der Waals surface area contributed by atoms with Gasteiger partial charge in [-0.25, -0.2) is 0 Å². The summed E-state index contributed by atoms with van der Waals surface area (Å²) in [5.41, 5.74) is 14.1. The third-order valence-corrected chi connectivity index (χ3v) is 11.4. The standard InChI is InChI=1S/C49H59N9O11/c1-29(53-47(67)38(25-32-14-18-34(60)19-15-32)56-45(65)36(50)23-30-9-4-2-5-10-30)44(64)55-37(24-31-11-6-3-7-12-31)46(66)52-27-42(62)54-39(26-33-16-20-35(61)21-17-33)49(69)58-22-8-13-41(58)48(68)57-40(28-59)43(51)63/h2-7,9-12,14-21,29,36-41,59-61H,8,13,22-28,50H2,1H3,(H2,51,63)(H,52,66)(H,53,67)(H,54,62)(H,55,64)(H,56,65)(H,57,68)/t29-,36-,37-,38-,39-,40-,41-/m0/s1. The molecule has 1 saturated heterocycles. The summed E-state index contributed by atoms with van der Waals surface area (Å²) < 4.78 is 0. The molecule has 366 valence electrons. The third-order valence-electron chi connectivity index (χ3n) is 11.4. The molecule has 5 rings (SSSR count). The van der Waals surface area contributed by atoms with E-state index in [2.05, 4.69) is 31.9 Å². The van der Waals surface area contributed by atoms with Crippen molar-refractivity contribution in [2.24, 2.45) is 11.5 Å². The Bertz CT molecular complexity index is 2410. The van der Waals surface area contributed by atoms with E-state index in [0.717, 1.165) is 5.56 Å². The second kappa shape index (κ2) is 25.3. The van der Waals surface area contributed by atoms with Crippen LogP contribution in [0.5, 0.6) is 11.5 Å². The number of benzene rings is 4. The van der Waals surface area contributed by atoms with Gasteiger partial charge in [0.1, 0.15) is 47.8 Å². The molecule has 1 fully saturated rings. The molecule has 0 radical (unpaired) electrons. The summed E-state index contributed by atoms with van der Waals surface area (Å²) in [6.45, 7) is 0.111. The first-order valence-corrected chi connectivity index (χ1v) is 22.4. The number of phenols is 2. The number of carbonyl (C=O) groups is 8. The van der Waals surface area contributed by atoms with Crippen molar-refractivity contribution < 1.29 is 53.7 Å². The molecule has 4 aromatic rings. The monoisotopic (exact) mass is 949 g/mol. The zero-order valence-corrected chi connectivity index (χ0v) is 38.0. The Morgan fingerprint density at radius 2 is 1.09 bits per heavy atom. The van der Waals surface area contributed by atoms with Crippen molar-refractivity contribution in [3.63, 3.8) is 0 Å². The van der Waals surface area contributed by atoms with E-state index in [1.807, 2.05) is 30.3 Å². The lowest BCUT2D eigenvalue weighted by Crippen LogP contribution is -2.58. The van der Waals surface area contributed by atoms with Gasteiger partial charge >= 0.3 is 0 Å². The van der Waals surface area contributed by atoms with E-state index >= 15 is 0 Å². The van der Waals surface area contributed by atoms with Crippen LogP contribution < -0.4 is 43.4 Å². The molecule has 1 aliphatic heterocycles. The van der Waals surface area contributed by atoms with Gasteiger partial charge in [-0.15, -0.1) is 0 Å². The summed E-state index contributed by atoms with van der Waals surface area (Å²) in [6, 6.07) is 21.2. The van der Waals surface area contributed by atoms with Crippen LogP contribution in [0.25, 0.3) is 0 Å². The quantitative estimate of drug-likeness (QED) is 0.0415. The highest BCUT2D eigenvalue weighted by atomic mass is 16.3. The van der Waals surface area contributed by atoms with Crippen LogP contribution in [0.3, 0.4) is 0 Å². The van der Waals surface area contributed by atoms with Crippen molar-refractivity contribution in [2.75, 3.05) is 19.7 Å². The van der Waals surface area contributed by atoms with Crippen LogP contribution in [0.4, 0.5) is 0 Å². The van der Waals surface area contributed by atoms with Gasteiger partial charge in [0, 0.05) is 25.8 Å². The Morgan fingerprint density at radius 1 is 0.594 bits per heavy atom. The second-order valence-corrected chi connectivity index (χ2v) is 16.8. The van der Waals surface area contributed by atoms with Crippen LogP contribution in [0, 0.1) is 0 Å². The van der Waals surface area contributed by atoms with Gasteiger partial charge in [-0.05, 0) is 72.7 Å². The number of aromatic hydroxyl groups is 2. The van der Waals surface area contributed by atoms with E-state index in [0.29, 0.717) is 23.1 Å². The van der Waals surface area contributed by atoms with Crippen molar-refractivity contribution in [2.45, 2.75) is 87.7 Å². The maximum atomic E-state index is 14.1. The number of nitrogens with zero attached hydrogens (tertiary/aromatic N) is 1. The van der Waals surface area contributed by atoms with Crippen molar-refractivity contribution in [1.82, 2.24) is 36.8 Å². The average Bonchev–Trinajstić information content (AvgIpc) is 3.84. The fraction of sp³-hybridized carbons (Fsp3) is 0.347. The number of nitrogens with one attached hydrogen (secondary N) is 6. The predicted octanol–water partition coefficient (Wildman–Crippen LogP) is -1.28. The molecule has 0 aromatic heterocycles. The van der Waals surface area contributed by atoms with Crippen LogP contribution in [0.1, 0.15) is 42.0 Å². The Kier molecular flexibility index (Phi) is 19.1. The number of likely N-dealkylation sites (tertiary alicyclic amines) is 1. The summed E-state index contributed by atoms with van der Waals surface area (Å²) in [4.78, 5) is 109. The molecule has 0 aliphatic carbocycles. The number of aliphatic hydroxyl groups excluding tert-OH is 1. The molecule has 69 heavy (non-hydrogen) atoms. The first-order chi connectivity index (χ1) is 33.0. The molecule has 20 nitrogen and oxygen atoms in total. The lowest BCUT2D eigenvalue weighted by atomic mass is 10.0. The van der Waals surface area contributed by atoms with Gasteiger partial charge < -0.3 is 63.6 Å². The normalized spacial score (nSPS) is 15.8. The molecule has 1 heterocycles. The van der Waals surface area contributed by atoms with E-state index in [1.54, 1.807) is 54.6 Å². The number of nitrogens with two attached hydrogens (primary N) is 2. The number of phenolic OH excluding ortho intramolecular Hbond substituents is 2. The number of carbonyl (C=O) groups excluding carboxylic acids is 8. The minimum absolute atomic E-state index is 0.00400. The average molecular weight is 950 g/mol. The van der Waals surface area contributed by atoms with Crippen LogP contribution in [-0.2, 0) is 64.0 Å². The van der Waals surface area contributed by atoms with Crippen LogP contribution >= 0.6 is 0 Å². The molecule has 13 N–H and O–H groups in total. The maximum absolute atomic E-state index is 14.1. The Hall–Kier alpha value is -7.84. The summed E-state index contributed by atoms with van der Waals surface area (Å²) in [5.74, 6) is -6.08. The first kappa shape index (κ1) is 52.1. The fourth-order valence-corrected chi connectivity index (χ4v) is 7.63. The Balaban J connectivity index is 1.26.